The molecular formula is C10H19N3O. The van der Waals surface area contributed by atoms with Gasteiger partial charge in [-0.3, -0.25) is 9.69 Å². The third kappa shape index (κ3) is 1.91. The summed E-state index contributed by atoms with van der Waals surface area (Å²) in [5.74, 6) is 0.211. The summed E-state index contributed by atoms with van der Waals surface area (Å²) in [4.78, 5) is 15.9. The molecule has 1 N–H and O–H groups in total. The van der Waals surface area contributed by atoms with Gasteiger partial charge in [-0.1, -0.05) is 0 Å². The number of rotatable bonds is 1. The Bertz CT molecular complexity index is 213. The lowest BCUT2D eigenvalue weighted by atomic mass is 10.2. The lowest BCUT2D eigenvalue weighted by Gasteiger charge is -2.40. The molecule has 1 atom stereocenters. The average Bonchev–Trinajstić information content (AvgIpc) is 2.70. The maximum Gasteiger partial charge on any atom is 0.220 e. The van der Waals surface area contributed by atoms with Gasteiger partial charge in [-0.2, -0.15) is 0 Å². The molecule has 0 spiro atoms. The Kier molecular flexibility index (Phi) is 3.03. The van der Waals surface area contributed by atoms with Crippen LogP contribution in [-0.2, 0) is 4.79 Å². The van der Waals surface area contributed by atoms with Crippen molar-refractivity contribution in [2.24, 2.45) is 0 Å². The quantitative estimate of drug-likeness (QED) is 0.635. The van der Waals surface area contributed by atoms with E-state index in [1.54, 1.807) is 6.92 Å². The van der Waals surface area contributed by atoms with Crippen LogP contribution in [-0.4, -0.2) is 54.6 Å². The van der Waals surface area contributed by atoms with Gasteiger partial charge in [0, 0.05) is 39.6 Å². The highest BCUT2D eigenvalue weighted by Crippen LogP contribution is 2.16. The summed E-state index contributed by atoms with van der Waals surface area (Å²) in [6.45, 7) is 6.70. The molecule has 0 saturated carbocycles. The number of piperazine rings is 1. The van der Waals surface area contributed by atoms with Crippen LogP contribution in [0.3, 0.4) is 0 Å². The van der Waals surface area contributed by atoms with Crippen molar-refractivity contribution in [3.8, 4) is 0 Å². The van der Waals surface area contributed by atoms with E-state index in [-0.39, 0.29) is 5.91 Å². The fourth-order valence-corrected chi connectivity index (χ4v) is 2.42. The molecule has 2 rings (SSSR count). The Morgan fingerprint density at radius 2 is 2.00 bits per heavy atom. The van der Waals surface area contributed by atoms with E-state index < -0.39 is 0 Å². The number of likely N-dealkylation sites (tertiary alicyclic amines) is 1. The number of nitrogens with one attached hydrogen (secondary N) is 1. The normalized spacial score (nSPS) is 29.5. The van der Waals surface area contributed by atoms with Gasteiger partial charge in [0.15, 0.2) is 0 Å². The van der Waals surface area contributed by atoms with Gasteiger partial charge in [-0.25, -0.2) is 0 Å². The van der Waals surface area contributed by atoms with Gasteiger partial charge in [-0.05, 0) is 12.8 Å². The summed E-state index contributed by atoms with van der Waals surface area (Å²) >= 11 is 0. The summed E-state index contributed by atoms with van der Waals surface area (Å²) in [5, 5.41) is 3.36. The highest BCUT2D eigenvalue weighted by atomic mass is 16.2. The Morgan fingerprint density at radius 3 is 2.64 bits per heavy atom. The minimum atomic E-state index is 0.211. The van der Waals surface area contributed by atoms with Gasteiger partial charge in [0.05, 0.1) is 6.17 Å². The van der Waals surface area contributed by atoms with Crippen LogP contribution in [0.1, 0.15) is 19.8 Å². The molecule has 0 bridgehead atoms. The molecule has 0 aromatic carbocycles. The van der Waals surface area contributed by atoms with E-state index in [9.17, 15) is 4.79 Å². The summed E-state index contributed by atoms with van der Waals surface area (Å²) in [6, 6.07) is 0. The Hall–Kier alpha value is -0.610. The van der Waals surface area contributed by atoms with Gasteiger partial charge in [0.25, 0.3) is 0 Å². The number of carbonyl (C=O) groups is 1. The monoisotopic (exact) mass is 197 g/mol. The molecule has 2 aliphatic rings. The SMILES string of the molecule is CC(=O)N1CCNCC1N1CCCC1. The topological polar surface area (TPSA) is 35.6 Å². The molecule has 2 saturated heterocycles. The van der Waals surface area contributed by atoms with Crippen molar-refractivity contribution in [3.05, 3.63) is 0 Å². The number of hydrogen-bond donors (Lipinski definition) is 1. The zero-order valence-corrected chi connectivity index (χ0v) is 8.83. The predicted octanol–water partition coefficient (Wildman–Crippen LogP) is -0.140. The molecule has 1 amide bonds. The van der Waals surface area contributed by atoms with Crippen LogP contribution in [0, 0.1) is 0 Å². The second kappa shape index (κ2) is 4.28. The first-order valence-corrected chi connectivity index (χ1v) is 5.51. The molecule has 0 aromatic heterocycles. The van der Waals surface area contributed by atoms with Crippen LogP contribution in [0.5, 0.6) is 0 Å². The van der Waals surface area contributed by atoms with E-state index in [4.69, 9.17) is 0 Å². The van der Waals surface area contributed by atoms with Crippen LogP contribution in [0.15, 0.2) is 0 Å². The number of amides is 1. The lowest BCUT2D eigenvalue weighted by molar-refractivity contribution is -0.136. The molecule has 2 heterocycles. The van der Waals surface area contributed by atoms with Gasteiger partial charge in [0.1, 0.15) is 0 Å². The van der Waals surface area contributed by atoms with Crippen molar-refractivity contribution in [2.75, 3.05) is 32.7 Å². The first-order valence-electron chi connectivity index (χ1n) is 5.51. The Balaban J connectivity index is 2.01. The first-order chi connectivity index (χ1) is 6.79. The number of carbonyl (C=O) groups excluding carboxylic acids is 1. The molecule has 1 unspecified atom stereocenters. The highest BCUT2D eigenvalue weighted by molar-refractivity contribution is 5.73. The number of hydrogen-bond acceptors (Lipinski definition) is 3. The van der Waals surface area contributed by atoms with E-state index in [1.807, 2.05) is 4.90 Å². The Morgan fingerprint density at radius 1 is 1.29 bits per heavy atom. The minimum absolute atomic E-state index is 0.211. The van der Waals surface area contributed by atoms with E-state index >= 15 is 0 Å². The largest absolute Gasteiger partial charge is 0.325 e. The van der Waals surface area contributed by atoms with E-state index in [0.717, 1.165) is 32.7 Å². The molecule has 0 aliphatic carbocycles. The summed E-state index contributed by atoms with van der Waals surface area (Å²) in [7, 11) is 0. The second-order valence-corrected chi connectivity index (χ2v) is 4.14. The molecule has 4 nitrogen and oxygen atoms in total. The predicted molar refractivity (Wildman–Crippen MR) is 54.9 cm³/mol. The average molecular weight is 197 g/mol. The fraction of sp³-hybridized carbons (Fsp3) is 0.900. The van der Waals surface area contributed by atoms with Gasteiger partial charge in [0.2, 0.25) is 5.91 Å². The standard InChI is InChI=1S/C10H19N3O/c1-9(14)13-7-4-11-8-10(13)12-5-2-3-6-12/h10-11H,2-8H2,1H3. The van der Waals surface area contributed by atoms with Crippen LogP contribution >= 0.6 is 0 Å². The van der Waals surface area contributed by atoms with Crippen molar-refractivity contribution >= 4 is 5.91 Å². The van der Waals surface area contributed by atoms with E-state index in [1.165, 1.54) is 12.8 Å². The van der Waals surface area contributed by atoms with Crippen molar-refractivity contribution < 1.29 is 4.79 Å². The number of nitrogens with zero attached hydrogens (tertiary/aromatic N) is 2. The molecule has 80 valence electrons. The first kappa shape index (κ1) is 9.93. The molecule has 14 heavy (non-hydrogen) atoms. The maximum atomic E-state index is 11.4. The van der Waals surface area contributed by atoms with Gasteiger partial charge < -0.3 is 10.2 Å². The van der Waals surface area contributed by atoms with Crippen molar-refractivity contribution in [3.63, 3.8) is 0 Å². The van der Waals surface area contributed by atoms with Crippen LogP contribution in [0.25, 0.3) is 0 Å². The van der Waals surface area contributed by atoms with E-state index in [0.29, 0.717) is 6.17 Å². The second-order valence-electron chi connectivity index (χ2n) is 4.14. The minimum Gasteiger partial charge on any atom is -0.325 e. The molecule has 0 radical (unpaired) electrons. The molecular weight excluding hydrogens is 178 g/mol. The molecule has 0 aromatic rings. The Labute approximate surface area is 85.2 Å². The van der Waals surface area contributed by atoms with Crippen LogP contribution in [0.2, 0.25) is 0 Å². The molecule has 2 fully saturated rings. The van der Waals surface area contributed by atoms with Gasteiger partial charge in [-0.15, -0.1) is 0 Å². The van der Waals surface area contributed by atoms with Crippen LogP contribution < -0.4 is 5.32 Å². The fourth-order valence-electron chi connectivity index (χ4n) is 2.42. The third-order valence-electron chi connectivity index (χ3n) is 3.18. The van der Waals surface area contributed by atoms with Gasteiger partial charge >= 0.3 is 0 Å². The summed E-state index contributed by atoms with van der Waals surface area (Å²) < 4.78 is 0. The highest BCUT2D eigenvalue weighted by Gasteiger charge is 2.30. The zero-order valence-electron chi connectivity index (χ0n) is 8.83. The molecule has 2 aliphatic heterocycles. The van der Waals surface area contributed by atoms with E-state index in [2.05, 4.69) is 10.2 Å². The van der Waals surface area contributed by atoms with Crippen LogP contribution in [0.4, 0.5) is 0 Å². The third-order valence-corrected chi connectivity index (χ3v) is 3.18. The lowest BCUT2D eigenvalue weighted by Crippen LogP contribution is -2.59. The summed E-state index contributed by atoms with van der Waals surface area (Å²) in [5.41, 5.74) is 0. The molecule has 4 heteroatoms. The van der Waals surface area contributed by atoms with Crippen molar-refractivity contribution in [1.82, 2.24) is 15.1 Å². The zero-order chi connectivity index (χ0) is 9.97. The smallest absolute Gasteiger partial charge is 0.220 e. The van der Waals surface area contributed by atoms with Crippen molar-refractivity contribution in [2.45, 2.75) is 25.9 Å². The maximum absolute atomic E-state index is 11.4. The summed E-state index contributed by atoms with van der Waals surface area (Å²) in [6.07, 6.45) is 2.87. The van der Waals surface area contributed by atoms with Crippen molar-refractivity contribution in [1.29, 1.82) is 0 Å².